The summed E-state index contributed by atoms with van der Waals surface area (Å²) in [6.45, 7) is 4.59. The summed E-state index contributed by atoms with van der Waals surface area (Å²) in [5.41, 5.74) is 1.77. The molecule has 0 bridgehead atoms. The maximum Gasteiger partial charge on any atom is -0.0206 e. The van der Waals surface area contributed by atoms with Crippen LogP contribution in [0.2, 0.25) is 0 Å². The molecule has 1 atom stereocenters. The molecule has 0 saturated heterocycles. The maximum atomic E-state index is 2.52. The van der Waals surface area contributed by atoms with E-state index < -0.39 is 0 Å². The van der Waals surface area contributed by atoms with Crippen molar-refractivity contribution in [2.75, 3.05) is 0 Å². The Bertz CT molecular complexity index is 144. The molecule has 0 radical (unpaired) electrons. The van der Waals surface area contributed by atoms with Crippen molar-refractivity contribution in [1.29, 1.82) is 0 Å². The average Bonchev–Trinajstić information content (AvgIpc) is 2.52. The fourth-order valence-corrected chi connectivity index (χ4v) is 2.17. The summed E-state index contributed by atoms with van der Waals surface area (Å²) >= 11 is 0. The van der Waals surface area contributed by atoms with Gasteiger partial charge in [0.05, 0.1) is 0 Å². The molecule has 1 rings (SSSR count). The van der Waals surface area contributed by atoms with Gasteiger partial charge in [-0.25, -0.2) is 0 Å². The molecule has 0 aromatic heterocycles. The number of rotatable bonds is 4. The van der Waals surface area contributed by atoms with Gasteiger partial charge in [-0.05, 0) is 38.0 Å². The lowest BCUT2D eigenvalue weighted by molar-refractivity contribution is 0.603. The highest BCUT2D eigenvalue weighted by molar-refractivity contribution is 5.10. The number of hydrogen-bond donors (Lipinski definition) is 0. The van der Waals surface area contributed by atoms with Crippen molar-refractivity contribution in [2.24, 2.45) is 5.92 Å². The van der Waals surface area contributed by atoms with Crippen LogP contribution in [0.5, 0.6) is 0 Å². The van der Waals surface area contributed by atoms with Crippen molar-refractivity contribution < 1.29 is 0 Å². The van der Waals surface area contributed by atoms with E-state index in [1.807, 2.05) is 0 Å². The van der Waals surface area contributed by atoms with Gasteiger partial charge in [-0.3, -0.25) is 0 Å². The van der Waals surface area contributed by atoms with Gasteiger partial charge in [-0.15, -0.1) is 0 Å². The minimum atomic E-state index is 0.946. The summed E-state index contributed by atoms with van der Waals surface area (Å²) < 4.78 is 0. The van der Waals surface area contributed by atoms with E-state index in [-0.39, 0.29) is 0 Å². The van der Waals surface area contributed by atoms with Crippen LogP contribution in [0.25, 0.3) is 0 Å². The molecule has 0 aliphatic heterocycles. The predicted octanol–water partition coefficient (Wildman–Crippen LogP) is 4.31. The largest absolute Gasteiger partial charge is 0.0851 e. The SMILES string of the molecule is CCCC/C=C1/CCCC1CC. The Kier molecular flexibility index (Phi) is 4.42. The minimum absolute atomic E-state index is 0.946. The third kappa shape index (κ3) is 2.66. The zero-order valence-corrected chi connectivity index (χ0v) is 8.60. The van der Waals surface area contributed by atoms with Gasteiger partial charge in [0.25, 0.3) is 0 Å². The fourth-order valence-electron chi connectivity index (χ4n) is 2.17. The normalized spacial score (nSPS) is 26.8. The Morgan fingerprint density at radius 1 is 1.42 bits per heavy atom. The molecule has 12 heavy (non-hydrogen) atoms. The summed E-state index contributed by atoms with van der Waals surface area (Å²) in [7, 11) is 0. The highest BCUT2D eigenvalue weighted by Crippen LogP contribution is 2.33. The summed E-state index contributed by atoms with van der Waals surface area (Å²) in [5, 5.41) is 0. The van der Waals surface area contributed by atoms with Gasteiger partial charge in [0, 0.05) is 0 Å². The van der Waals surface area contributed by atoms with Crippen LogP contribution < -0.4 is 0 Å². The second kappa shape index (κ2) is 5.40. The monoisotopic (exact) mass is 166 g/mol. The van der Waals surface area contributed by atoms with E-state index in [1.54, 1.807) is 5.57 Å². The highest BCUT2D eigenvalue weighted by Gasteiger charge is 2.17. The van der Waals surface area contributed by atoms with Crippen LogP contribution in [0.1, 0.15) is 58.8 Å². The van der Waals surface area contributed by atoms with Crippen molar-refractivity contribution >= 4 is 0 Å². The van der Waals surface area contributed by atoms with Gasteiger partial charge >= 0.3 is 0 Å². The van der Waals surface area contributed by atoms with E-state index in [0.717, 1.165) is 5.92 Å². The first-order chi connectivity index (χ1) is 5.88. The molecule has 0 aromatic carbocycles. The zero-order chi connectivity index (χ0) is 8.81. The molecular weight excluding hydrogens is 144 g/mol. The summed E-state index contributed by atoms with van der Waals surface area (Å²) in [6, 6.07) is 0. The molecule has 0 aromatic rings. The second-order valence-electron chi connectivity index (χ2n) is 3.92. The van der Waals surface area contributed by atoms with Crippen molar-refractivity contribution in [3.8, 4) is 0 Å². The quantitative estimate of drug-likeness (QED) is 0.431. The van der Waals surface area contributed by atoms with E-state index in [2.05, 4.69) is 19.9 Å². The maximum absolute atomic E-state index is 2.52. The third-order valence-corrected chi connectivity index (χ3v) is 3.00. The lowest BCUT2D eigenvalue weighted by Gasteiger charge is -2.07. The third-order valence-electron chi connectivity index (χ3n) is 3.00. The van der Waals surface area contributed by atoms with E-state index in [4.69, 9.17) is 0 Å². The molecule has 0 spiro atoms. The molecule has 70 valence electrons. The number of unbranched alkanes of at least 4 members (excludes halogenated alkanes) is 2. The lowest BCUT2D eigenvalue weighted by Crippen LogP contribution is -1.93. The topological polar surface area (TPSA) is 0 Å². The zero-order valence-electron chi connectivity index (χ0n) is 8.60. The van der Waals surface area contributed by atoms with E-state index in [9.17, 15) is 0 Å². The predicted molar refractivity (Wildman–Crippen MR) is 55.2 cm³/mol. The van der Waals surface area contributed by atoms with Crippen LogP contribution >= 0.6 is 0 Å². The number of allylic oxidation sites excluding steroid dienone is 2. The Labute approximate surface area is 77.1 Å². The Morgan fingerprint density at radius 2 is 2.25 bits per heavy atom. The van der Waals surface area contributed by atoms with Crippen LogP contribution in [-0.2, 0) is 0 Å². The molecule has 1 aliphatic rings. The molecule has 0 heteroatoms. The molecule has 1 fully saturated rings. The Morgan fingerprint density at radius 3 is 2.92 bits per heavy atom. The van der Waals surface area contributed by atoms with Crippen molar-refractivity contribution in [1.82, 2.24) is 0 Å². The summed E-state index contributed by atoms with van der Waals surface area (Å²) in [5.74, 6) is 0.946. The van der Waals surface area contributed by atoms with Gasteiger partial charge in [0.1, 0.15) is 0 Å². The van der Waals surface area contributed by atoms with E-state index in [1.165, 1.54) is 44.9 Å². The van der Waals surface area contributed by atoms with Gasteiger partial charge in [0.15, 0.2) is 0 Å². The lowest BCUT2D eigenvalue weighted by atomic mass is 9.98. The van der Waals surface area contributed by atoms with Gasteiger partial charge in [-0.2, -0.15) is 0 Å². The highest BCUT2D eigenvalue weighted by atomic mass is 14.2. The molecule has 0 heterocycles. The van der Waals surface area contributed by atoms with Crippen LogP contribution in [0.4, 0.5) is 0 Å². The van der Waals surface area contributed by atoms with Gasteiger partial charge in [-0.1, -0.05) is 38.3 Å². The van der Waals surface area contributed by atoms with Crippen molar-refractivity contribution in [2.45, 2.75) is 58.8 Å². The smallest absolute Gasteiger partial charge is 0.0206 e. The molecule has 0 nitrogen and oxygen atoms in total. The Balaban J connectivity index is 2.33. The first kappa shape index (κ1) is 9.83. The molecule has 1 saturated carbocycles. The Hall–Kier alpha value is -0.260. The first-order valence-corrected chi connectivity index (χ1v) is 5.57. The fraction of sp³-hybridized carbons (Fsp3) is 0.833. The van der Waals surface area contributed by atoms with Crippen molar-refractivity contribution in [3.05, 3.63) is 11.6 Å². The second-order valence-corrected chi connectivity index (χ2v) is 3.92. The minimum Gasteiger partial charge on any atom is -0.0851 e. The molecule has 0 amide bonds. The van der Waals surface area contributed by atoms with Crippen LogP contribution in [0.3, 0.4) is 0 Å². The molecule has 1 aliphatic carbocycles. The van der Waals surface area contributed by atoms with Gasteiger partial charge in [0.2, 0.25) is 0 Å². The van der Waals surface area contributed by atoms with Crippen molar-refractivity contribution in [3.63, 3.8) is 0 Å². The van der Waals surface area contributed by atoms with Gasteiger partial charge < -0.3 is 0 Å². The van der Waals surface area contributed by atoms with E-state index in [0.29, 0.717) is 0 Å². The van der Waals surface area contributed by atoms with Crippen LogP contribution in [-0.4, -0.2) is 0 Å². The standard InChI is InChI=1S/C12H22/c1-3-5-6-8-12-10-7-9-11(12)4-2/h8,11H,3-7,9-10H2,1-2H3/b12-8-. The summed E-state index contributed by atoms with van der Waals surface area (Å²) in [4.78, 5) is 0. The average molecular weight is 166 g/mol. The molecular formula is C12H22. The molecule has 0 N–H and O–H groups in total. The first-order valence-electron chi connectivity index (χ1n) is 5.57. The van der Waals surface area contributed by atoms with Crippen LogP contribution in [0, 0.1) is 5.92 Å². The van der Waals surface area contributed by atoms with Crippen LogP contribution in [0.15, 0.2) is 11.6 Å². The van der Waals surface area contributed by atoms with E-state index >= 15 is 0 Å². The molecule has 1 unspecified atom stereocenters. The number of hydrogen-bond acceptors (Lipinski definition) is 0. The summed E-state index contributed by atoms with van der Waals surface area (Å²) in [6.07, 6.45) is 12.2.